The van der Waals surface area contributed by atoms with Gasteiger partial charge >= 0.3 is 5.97 Å². The number of nitrogens with one attached hydrogen (secondary N) is 1. The van der Waals surface area contributed by atoms with Gasteiger partial charge in [0.25, 0.3) is 5.91 Å². The van der Waals surface area contributed by atoms with Crippen LogP contribution in [0.15, 0.2) is 30.3 Å². The number of rotatable bonds is 5. The summed E-state index contributed by atoms with van der Waals surface area (Å²) in [4.78, 5) is 31.9. The van der Waals surface area contributed by atoms with Crippen LogP contribution >= 0.6 is 0 Å². The van der Waals surface area contributed by atoms with Gasteiger partial charge in [0.2, 0.25) is 5.95 Å². The Morgan fingerprint density at radius 1 is 1.21 bits per heavy atom. The minimum atomic E-state index is -1.17. The number of carbonyl (C=O) groups excluding carboxylic acids is 1. The molecular weight excluding hydrogens is 308 g/mol. The van der Waals surface area contributed by atoms with E-state index in [1.807, 2.05) is 26.8 Å². The smallest absolute Gasteiger partial charge is 0.330 e. The second-order valence-corrected chi connectivity index (χ2v) is 5.85. The van der Waals surface area contributed by atoms with Gasteiger partial charge in [-0.05, 0) is 24.5 Å². The van der Waals surface area contributed by atoms with Crippen LogP contribution in [-0.2, 0) is 4.79 Å². The number of carboxylic acid groups (broad SMARTS) is 1. The first kappa shape index (κ1) is 17.4. The van der Waals surface area contributed by atoms with E-state index in [1.165, 1.54) is 6.07 Å². The number of benzene rings is 1. The molecule has 1 atom stereocenters. The zero-order valence-electron chi connectivity index (χ0n) is 13.8. The predicted molar refractivity (Wildman–Crippen MR) is 89.6 cm³/mol. The van der Waals surface area contributed by atoms with Gasteiger partial charge in [0.15, 0.2) is 6.04 Å². The van der Waals surface area contributed by atoms with Gasteiger partial charge in [-0.3, -0.25) is 4.79 Å². The number of hydrogen-bond acceptors (Lipinski definition) is 5. The van der Waals surface area contributed by atoms with Crippen molar-refractivity contribution in [2.75, 3.05) is 5.73 Å². The summed E-state index contributed by atoms with van der Waals surface area (Å²) in [5, 5.41) is 11.9. The van der Waals surface area contributed by atoms with Gasteiger partial charge in [0.1, 0.15) is 5.69 Å². The lowest BCUT2D eigenvalue weighted by molar-refractivity contribution is -0.139. The number of amides is 1. The lowest BCUT2D eigenvalue weighted by atomic mass is 10.0. The van der Waals surface area contributed by atoms with Crippen molar-refractivity contribution in [2.45, 2.75) is 32.7 Å². The number of aryl methyl sites for hydroxylation is 1. The molecule has 1 amide bonds. The van der Waals surface area contributed by atoms with E-state index in [0.29, 0.717) is 11.3 Å². The first-order valence-electron chi connectivity index (χ1n) is 7.52. The van der Waals surface area contributed by atoms with Crippen LogP contribution in [0.4, 0.5) is 5.95 Å². The molecule has 0 aliphatic rings. The second kappa shape index (κ2) is 7.08. The fourth-order valence-electron chi connectivity index (χ4n) is 2.24. The molecule has 0 saturated carbocycles. The molecule has 0 unspecified atom stereocenters. The van der Waals surface area contributed by atoms with Crippen molar-refractivity contribution in [2.24, 2.45) is 0 Å². The summed E-state index contributed by atoms with van der Waals surface area (Å²) in [7, 11) is 0. The summed E-state index contributed by atoms with van der Waals surface area (Å²) in [6.07, 6.45) is 0. The van der Waals surface area contributed by atoms with Crippen LogP contribution in [0.1, 0.15) is 53.1 Å². The van der Waals surface area contributed by atoms with E-state index in [-0.39, 0.29) is 17.6 Å². The van der Waals surface area contributed by atoms with Gasteiger partial charge in [-0.25, -0.2) is 14.8 Å². The van der Waals surface area contributed by atoms with Crippen LogP contribution in [0, 0.1) is 6.92 Å². The Morgan fingerprint density at radius 3 is 2.50 bits per heavy atom. The SMILES string of the molecule is Cc1cccc([C@H](NC(=O)c2cc(C(C)C)nc(N)n2)C(=O)O)c1. The molecule has 0 saturated heterocycles. The van der Waals surface area contributed by atoms with Gasteiger partial charge in [-0.2, -0.15) is 0 Å². The highest BCUT2D eigenvalue weighted by Crippen LogP contribution is 2.17. The first-order valence-corrected chi connectivity index (χ1v) is 7.52. The Kier molecular flexibility index (Phi) is 5.13. The summed E-state index contributed by atoms with van der Waals surface area (Å²) in [6.45, 7) is 5.68. The number of anilines is 1. The number of carbonyl (C=O) groups is 2. The molecule has 0 aliphatic carbocycles. The average molecular weight is 328 g/mol. The van der Waals surface area contributed by atoms with E-state index in [0.717, 1.165) is 5.56 Å². The summed E-state index contributed by atoms with van der Waals surface area (Å²) in [6, 6.07) is 7.31. The molecule has 2 rings (SSSR count). The molecule has 1 aromatic heterocycles. The maximum absolute atomic E-state index is 12.4. The lowest BCUT2D eigenvalue weighted by Crippen LogP contribution is -2.34. The third kappa shape index (κ3) is 4.07. The molecule has 0 bridgehead atoms. The summed E-state index contributed by atoms with van der Waals surface area (Å²) in [5.41, 5.74) is 7.70. The minimum Gasteiger partial charge on any atom is -0.479 e. The monoisotopic (exact) mass is 328 g/mol. The Bertz CT molecular complexity index is 774. The Balaban J connectivity index is 2.30. The number of nitrogens with two attached hydrogens (primary N) is 1. The zero-order valence-corrected chi connectivity index (χ0v) is 13.8. The number of nitrogens with zero attached hydrogens (tertiary/aromatic N) is 2. The van der Waals surface area contributed by atoms with E-state index in [4.69, 9.17) is 5.73 Å². The highest BCUT2D eigenvalue weighted by atomic mass is 16.4. The van der Waals surface area contributed by atoms with Gasteiger partial charge in [0, 0.05) is 5.69 Å². The van der Waals surface area contributed by atoms with Crippen molar-refractivity contribution < 1.29 is 14.7 Å². The molecule has 0 fully saturated rings. The molecule has 2 aromatic rings. The van der Waals surface area contributed by atoms with Gasteiger partial charge in [0.05, 0.1) is 0 Å². The summed E-state index contributed by atoms with van der Waals surface area (Å²) < 4.78 is 0. The quantitative estimate of drug-likeness (QED) is 0.773. The normalized spacial score (nSPS) is 12.0. The first-order chi connectivity index (χ1) is 11.3. The van der Waals surface area contributed by atoms with Crippen LogP contribution in [0.3, 0.4) is 0 Å². The van der Waals surface area contributed by atoms with Crippen LogP contribution in [0.2, 0.25) is 0 Å². The summed E-state index contributed by atoms with van der Waals surface area (Å²) >= 11 is 0. The van der Waals surface area contributed by atoms with E-state index in [1.54, 1.807) is 18.2 Å². The van der Waals surface area contributed by atoms with Crippen LogP contribution < -0.4 is 11.1 Å². The highest BCUT2D eigenvalue weighted by molar-refractivity contribution is 5.95. The summed E-state index contributed by atoms with van der Waals surface area (Å²) in [5.74, 6) is -1.72. The Hall–Kier alpha value is -2.96. The molecule has 24 heavy (non-hydrogen) atoms. The molecule has 7 nitrogen and oxygen atoms in total. The third-order valence-electron chi connectivity index (χ3n) is 3.49. The average Bonchev–Trinajstić information content (AvgIpc) is 2.51. The standard InChI is InChI=1S/C17H20N4O3/c1-9(2)12-8-13(20-17(18)19-12)15(22)21-14(16(23)24)11-6-4-5-10(3)7-11/h4-9,14H,1-3H3,(H,21,22)(H,23,24)(H2,18,19,20)/t14-/m0/s1. The third-order valence-corrected chi connectivity index (χ3v) is 3.49. The Labute approximate surface area is 139 Å². The van der Waals surface area contributed by atoms with Crippen LogP contribution in [0.25, 0.3) is 0 Å². The predicted octanol–water partition coefficient (Wildman–Crippen LogP) is 2.05. The van der Waals surface area contributed by atoms with Gasteiger partial charge in [-0.1, -0.05) is 43.7 Å². The van der Waals surface area contributed by atoms with E-state index in [2.05, 4.69) is 15.3 Å². The number of hydrogen-bond donors (Lipinski definition) is 3. The molecule has 0 spiro atoms. The molecule has 7 heteroatoms. The van der Waals surface area contributed by atoms with Crippen molar-refractivity contribution in [3.8, 4) is 0 Å². The number of carboxylic acids is 1. The molecular formula is C17H20N4O3. The fourth-order valence-corrected chi connectivity index (χ4v) is 2.24. The molecule has 0 aliphatic heterocycles. The Morgan fingerprint density at radius 2 is 1.92 bits per heavy atom. The molecule has 4 N–H and O–H groups in total. The molecule has 1 heterocycles. The minimum absolute atomic E-state index is 0.0196. The number of aromatic nitrogens is 2. The fraction of sp³-hybridized carbons (Fsp3) is 0.294. The van der Waals surface area contributed by atoms with Crippen molar-refractivity contribution in [1.82, 2.24) is 15.3 Å². The van der Waals surface area contributed by atoms with E-state index < -0.39 is 17.9 Å². The molecule has 0 radical (unpaired) electrons. The molecule has 1 aromatic carbocycles. The van der Waals surface area contributed by atoms with Crippen molar-refractivity contribution >= 4 is 17.8 Å². The van der Waals surface area contributed by atoms with E-state index >= 15 is 0 Å². The van der Waals surface area contributed by atoms with Crippen molar-refractivity contribution in [3.63, 3.8) is 0 Å². The van der Waals surface area contributed by atoms with Crippen molar-refractivity contribution in [1.29, 1.82) is 0 Å². The number of nitrogen functional groups attached to an aromatic ring is 1. The maximum atomic E-state index is 12.4. The van der Waals surface area contributed by atoms with Gasteiger partial charge < -0.3 is 16.2 Å². The second-order valence-electron chi connectivity index (χ2n) is 5.85. The lowest BCUT2D eigenvalue weighted by Gasteiger charge is -2.16. The molecule has 126 valence electrons. The van der Waals surface area contributed by atoms with Crippen LogP contribution in [0.5, 0.6) is 0 Å². The maximum Gasteiger partial charge on any atom is 0.330 e. The van der Waals surface area contributed by atoms with Gasteiger partial charge in [-0.15, -0.1) is 0 Å². The van der Waals surface area contributed by atoms with Crippen LogP contribution in [-0.4, -0.2) is 27.0 Å². The topological polar surface area (TPSA) is 118 Å². The van der Waals surface area contributed by atoms with Crippen molar-refractivity contribution in [3.05, 3.63) is 52.8 Å². The number of aliphatic carboxylic acids is 1. The highest BCUT2D eigenvalue weighted by Gasteiger charge is 2.24. The van der Waals surface area contributed by atoms with E-state index in [9.17, 15) is 14.7 Å². The largest absolute Gasteiger partial charge is 0.479 e. The zero-order chi connectivity index (χ0) is 17.9.